The summed E-state index contributed by atoms with van der Waals surface area (Å²) in [5, 5.41) is 3.12. The highest BCUT2D eigenvalue weighted by Crippen LogP contribution is 2.14. The van der Waals surface area contributed by atoms with Crippen LogP contribution in [0, 0.1) is 20.8 Å². The lowest BCUT2D eigenvalue weighted by Gasteiger charge is -2.04. The number of ketones is 1. The van der Waals surface area contributed by atoms with E-state index in [1.165, 1.54) is 11.1 Å². The van der Waals surface area contributed by atoms with E-state index in [2.05, 4.69) is 31.3 Å². The van der Waals surface area contributed by atoms with E-state index in [0.717, 1.165) is 11.3 Å². The predicted octanol–water partition coefficient (Wildman–Crippen LogP) is 4.42. The third kappa shape index (κ3) is 3.58. The first kappa shape index (κ1) is 14.1. The molecule has 0 saturated heterocycles. The first-order valence-electron chi connectivity index (χ1n) is 6.67. The van der Waals surface area contributed by atoms with Crippen LogP contribution in [-0.2, 0) is 0 Å². The Morgan fingerprint density at radius 3 is 2.30 bits per heavy atom. The zero-order chi connectivity index (χ0) is 14.5. The van der Waals surface area contributed by atoms with Crippen LogP contribution in [0.4, 0.5) is 5.69 Å². The molecule has 0 aliphatic carbocycles. The maximum absolute atomic E-state index is 11.9. The summed E-state index contributed by atoms with van der Waals surface area (Å²) in [5.41, 5.74) is 5.33. The van der Waals surface area contributed by atoms with Gasteiger partial charge in [0.1, 0.15) is 0 Å². The summed E-state index contributed by atoms with van der Waals surface area (Å²) < 4.78 is 0. The molecule has 2 aromatic rings. The lowest BCUT2D eigenvalue weighted by molar-refractivity contribution is 0.104. The van der Waals surface area contributed by atoms with Gasteiger partial charge in [-0.25, -0.2) is 0 Å². The molecular weight excluding hydrogens is 246 g/mol. The molecule has 0 unspecified atom stereocenters. The molecular formula is C18H19NO. The molecule has 2 heteroatoms. The average Bonchev–Trinajstić information content (AvgIpc) is 2.43. The summed E-state index contributed by atoms with van der Waals surface area (Å²) in [5.74, 6) is 0.00123. The molecule has 0 aromatic heterocycles. The van der Waals surface area contributed by atoms with E-state index in [0.29, 0.717) is 5.56 Å². The van der Waals surface area contributed by atoms with Gasteiger partial charge in [0.2, 0.25) is 0 Å². The molecule has 2 aromatic carbocycles. The van der Waals surface area contributed by atoms with Gasteiger partial charge in [-0.1, -0.05) is 35.9 Å². The minimum absolute atomic E-state index is 0.00123. The Labute approximate surface area is 120 Å². The van der Waals surface area contributed by atoms with Crippen LogP contribution < -0.4 is 5.32 Å². The molecule has 2 nitrogen and oxygen atoms in total. The van der Waals surface area contributed by atoms with Crippen LogP contribution in [-0.4, -0.2) is 5.78 Å². The van der Waals surface area contributed by atoms with Crippen LogP contribution in [0.5, 0.6) is 0 Å². The van der Waals surface area contributed by atoms with Gasteiger partial charge in [-0.2, -0.15) is 0 Å². The molecule has 1 N–H and O–H groups in total. The number of carbonyl (C=O) groups excluding carboxylic acids is 1. The Hall–Kier alpha value is -2.35. The van der Waals surface area contributed by atoms with Gasteiger partial charge in [-0.05, 0) is 44.0 Å². The second kappa shape index (κ2) is 6.20. The van der Waals surface area contributed by atoms with Crippen LogP contribution in [0.2, 0.25) is 0 Å². The van der Waals surface area contributed by atoms with Crippen LogP contribution in [0.15, 0.2) is 54.7 Å². The number of carbonyl (C=O) groups is 1. The number of anilines is 1. The van der Waals surface area contributed by atoms with Gasteiger partial charge in [0.15, 0.2) is 5.78 Å². The predicted molar refractivity (Wildman–Crippen MR) is 84.2 cm³/mol. The fourth-order valence-electron chi connectivity index (χ4n) is 1.86. The Morgan fingerprint density at radius 2 is 1.65 bits per heavy atom. The van der Waals surface area contributed by atoms with Crippen molar-refractivity contribution in [3.05, 3.63) is 77.0 Å². The molecule has 0 aliphatic heterocycles. The SMILES string of the molecule is Cc1ccc(C(=O)/C=C/Nc2ccc(C)c(C)c2)cc1. The number of hydrogen-bond donors (Lipinski definition) is 1. The number of aryl methyl sites for hydroxylation is 3. The number of nitrogens with one attached hydrogen (secondary N) is 1. The van der Waals surface area contributed by atoms with E-state index in [4.69, 9.17) is 0 Å². The molecule has 0 atom stereocenters. The van der Waals surface area contributed by atoms with Gasteiger partial charge >= 0.3 is 0 Å². The molecule has 0 saturated carbocycles. The Morgan fingerprint density at radius 1 is 0.950 bits per heavy atom. The second-order valence-corrected chi connectivity index (χ2v) is 5.01. The topological polar surface area (TPSA) is 29.1 Å². The van der Waals surface area contributed by atoms with Crippen molar-refractivity contribution in [2.45, 2.75) is 20.8 Å². The third-order valence-electron chi connectivity index (χ3n) is 3.33. The minimum Gasteiger partial charge on any atom is -0.362 e. The normalized spacial score (nSPS) is 10.8. The van der Waals surface area contributed by atoms with Crippen molar-refractivity contribution in [2.24, 2.45) is 0 Å². The molecule has 20 heavy (non-hydrogen) atoms. The number of hydrogen-bond acceptors (Lipinski definition) is 2. The van der Waals surface area contributed by atoms with E-state index < -0.39 is 0 Å². The quantitative estimate of drug-likeness (QED) is 0.655. The van der Waals surface area contributed by atoms with Crippen molar-refractivity contribution in [2.75, 3.05) is 5.32 Å². The smallest absolute Gasteiger partial charge is 0.187 e. The monoisotopic (exact) mass is 265 g/mol. The highest BCUT2D eigenvalue weighted by Gasteiger charge is 2.00. The van der Waals surface area contributed by atoms with Crippen molar-refractivity contribution in [1.29, 1.82) is 0 Å². The Kier molecular flexibility index (Phi) is 4.36. The Bertz CT molecular complexity index is 639. The molecule has 0 aliphatic rings. The van der Waals surface area contributed by atoms with Gasteiger partial charge in [0, 0.05) is 23.5 Å². The van der Waals surface area contributed by atoms with Crippen molar-refractivity contribution in [3.63, 3.8) is 0 Å². The molecule has 0 bridgehead atoms. The molecule has 2 rings (SSSR count). The van der Waals surface area contributed by atoms with E-state index in [1.54, 1.807) is 12.3 Å². The van der Waals surface area contributed by atoms with Gasteiger partial charge in [-0.3, -0.25) is 4.79 Å². The van der Waals surface area contributed by atoms with Crippen molar-refractivity contribution in [1.82, 2.24) is 0 Å². The highest BCUT2D eigenvalue weighted by atomic mass is 16.1. The average molecular weight is 265 g/mol. The maximum Gasteiger partial charge on any atom is 0.187 e. The van der Waals surface area contributed by atoms with Gasteiger partial charge in [0.25, 0.3) is 0 Å². The summed E-state index contributed by atoms with van der Waals surface area (Å²) >= 11 is 0. The lowest BCUT2D eigenvalue weighted by Crippen LogP contribution is -1.96. The lowest BCUT2D eigenvalue weighted by atomic mass is 10.1. The first-order chi connectivity index (χ1) is 9.56. The standard InChI is InChI=1S/C18H19NO/c1-13-4-7-16(8-5-13)18(20)10-11-19-17-9-6-14(2)15(3)12-17/h4-12,19H,1-3H3/b11-10+. The molecule has 0 radical (unpaired) electrons. The zero-order valence-corrected chi connectivity index (χ0v) is 12.1. The summed E-state index contributed by atoms with van der Waals surface area (Å²) in [6.45, 7) is 6.16. The fraction of sp³-hybridized carbons (Fsp3) is 0.167. The van der Waals surface area contributed by atoms with Crippen molar-refractivity contribution in [3.8, 4) is 0 Å². The van der Waals surface area contributed by atoms with E-state index in [9.17, 15) is 4.79 Å². The molecule has 0 fully saturated rings. The van der Waals surface area contributed by atoms with Gasteiger partial charge < -0.3 is 5.32 Å². The van der Waals surface area contributed by atoms with E-state index in [1.807, 2.05) is 37.3 Å². The maximum atomic E-state index is 11.9. The third-order valence-corrected chi connectivity index (χ3v) is 3.33. The van der Waals surface area contributed by atoms with Crippen molar-refractivity contribution < 1.29 is 4.79 Å². The van der Waals surface area contributed by atoms with E-state index in [-0.39, 0.29) is 5.78 Å². The van der Waals surface area contributed by atoms with Crippen LogP contribution in [0.3, 0.4) is 0 Å². The second-order valence-electron chi connectivity index (χ2n) is 5.01. The van der Waals surface area contributed by atoms with Gasteiger partial charge in [-0.15, -0.1) is 0 Å². The summed E-state index contributed by atoms with van der Waals surface area (Å²) in [6.07, 6.45) is 3.24. The number of rotatable bonds is 4. The largest absolute Gasteiger partial charge is 0.362 e. The molecule has 0 heterocycles. The summed E-state index contributed by atoms with van der Waals surface area (Å²) in [4.78, 5) is 11.9. The van der Waals surface area contributed by atoms with Gasteiger partial charge in [0.05, 0.1) is 0 Å². The Balaban J connectivity index is 2.00. The molecule has 0 spiro atoms. The van der Waals surface area contributed by atoms with Crippen LogP contribution in [0.25, 0.3) is 0 Å². The minimum atomic E-state index is 0.00123. The molecule has 102 valence electrons. The number of benzene rings is 2. The van der Waals surface area contributed by atoms with Crippen LogP contribution >= 0.6 is 0 Å². The summed E-state index contributed by atoms with van der Waals surface area (Å²) in [6, 6.07) is 13.7. The zero-order valence-electron chi connectivity index (χ0n) is 12.1. The highest BCUT2D eigenvalue weighted by molar-refractivity contribution is 6.04. The van der Waals surface area contributed by atoms with E-state index >= 15 is 0 Å². The van der Waals surface area contributed by atoms with Crippen LogP contribution in [0.1, 0.15) is 27.0 Å². The first-order valence-corrected chi connectivity index (χ1v) is 6.67. The number of allylic oxidation sites excluding steroid dienone is 1. The summed E-state index contributed by atoms with van der Waals surface area (Å²) in [7, 11) is 0. The van der Waals surface area contributed by atoms with Crippen molar-refractivity contribution >= 4 is 11.5 Å². The fourth-order valence-corrected chi connectivity index (χ4v) is 1.86. The molecule has 0 amide bonds.